The molecule has 0 bridgehead atoms. The van der Waals surface area contributed by atoms with Gasteiger partial charge in [0.05, 0.1) is 5.25 Å². The summed E-state index contributed by atoms with van der Waals surface area (Å²) in [5.41, 5.74) is 0.770. The Balaban J connectivity index is 1.91. The lowest BCUT2D eigenvalue weighted by Gasteiger charge is -2.33. The second-order valence-corrected chi connectivity index (χ2v) is 7.02. The van der Waals surface area contributed by atoms with Gasteiger partial charge in [-0.2, -0.15) is 0 Å². The first-order valence-corrected chi connectivity index (χ1v) is 8.40. The number of carbonyl (C=O) groups is 2. The maximum absolute atomic E-state index is 12.5. The van der Waals surface area contributed by atoms with Crippen molar-refractivity contribution < 1.29 is 9.59 Å². The van der Waals surface area contributed by atoms with E-state index in [1.54, 1.807) is 11.8 Å². The molecule has 1 fully saturated rings. The first-order chi connectivity index (χ1) is 10.5. The van der Waals surface area contributed by atoms with Crippen molar-refractivity contribution in [3.63, 3.8) is 0 Å². The Morgan fingerprint density at radius 1 is 1.36 bits per heavy atom. The lowest BCUT2D eigenvalue weighted by Crippen LogP contribution is -2.53. The van der Waals surface area contributed by atoms with E-state index in [0.717, 1.165) is 30.2 Å². The zero-order valence-corrected chi connectivity index (χ0v) is 14.1. The number of benzene rings is 1. The summed E-state index contributed by atoms with van der Waals surface area (Å²) in [5, 5.41) is 5.96. The number of nitrogens with one attached hydrogen (secondary N) is 2. The standard InChI is InChI=1S/C16H23N3O2S/c1-11-10-19(9-8-17-11)16(21)12(2)22-15-6-4-14(5-7-15)18-13(3)20/h4-7,11-12,17H,8-10H2,1-3H3,(H,18,20). The molecule has 2 atom stereocenters. The molecule has 1 aliphatic heterocycles. The van der Waals surface area contributed by atoms with E-state index in [1.807, 2.05) is 36.1 Å². The lowest BCUT2D eigenvalue weighted by molar-refractivity contribution is -0.131. The van der Waals surface area contributed by atoms with Crippen LogP contribution in [0, 0.1) is 0 Å². The second-order valence-electron chi connectivity index (χ2n) is 5.61. The number of piperazine rings is 1. The summed E-state index contributed by atoms with van der Waals surface area (Å²) in [6.07, 6.45) is 0. The van der Waals surface area contributed by atoms with Crippen molar-refractivity contribution in [1.29, 1.82) is 0 Å². The Labute approximate surface area is 135 Å². The topological polar surface area (TPSA) is 61.4 Å². The molecule has 0 aliphatic carbocycles. The Hall–Kier alpha value is -1.53. The average molecular weight is 321 g/mol. The van der Waals surface area contributed by atoms with Gasteiger partial charge in [0.1, 0.15) is 0 Å². The molecule has 6 heteroatoms. The van der Waals surface area contributed by atoms with Crippen molar-refractivity contribution in [3.8, 4) is 0 Å². The summed E-state index contributed by atoms with van der Waals surface area (Å²) < 4.78 is 0. The quantitative estimate of drug-likeness (QED) is 0.832. The predicted molar refractivity (Wildman–Crippen MR) is 90.1 cm³/mol. The molecule has 1 saturated heterocycles. The van der Waals surface area contributed by atoms with Gasteiger partial charge in [-0.15, -0.1) is 11.8 Å². The van der Waals surface area contributed by atoms with Crippen LogP contribution >= 0.6 is 11.8 Å². The molecule has 2 unspecified atom stereocenters. The first kappa shape index (κ1) is 16.8. The minimum atomic E-state index is -0.114. The maximum atomic E-state index is 12.5. The molecule has 22 heavy (non-hydrogen) atoms. The van der Waals surface area contributed by atoms with Crippen LogP contribution in [0.5, 0.6) is 0 Å². The monoisotopic (exact) mass is 321 g/mol. The van der Waals surface area contributed by atoms with Crippen LogP contribution in [0.4, 0.5) is 5.69 Å². The summed E-state index contributed by atoms with van der Waals surface area (Å²) in [6.45, 7) is 7.92. The normalized spacial score (nSPS) is 19.6. The van der Waals surface area contributed by atoms with Crippen molar-refractivity contribution in [2.45, 2.75) is 37.0 Å². The summed E-state index contributed by atoms with van der Waals surface area (Å²) in [6, 6.07) is 7.92. The van der Waals surface area contributed by atoms with Crippen LogP contribution in [0.15, 0.2) is 29.2 Å². The van der Waals surface area contributed by atoms with Crippen LogP contribution in [0.3, 0.4) is 0 Å². The number of hydrogen-bond acceptors (Lipinski definition) is 4. The molecule has 2 amide bonds. The van der Waals surface area contributed by atoms with Gasteiger partial charge in [0.2, 0.25) is 11.8 Å². The molecule has 1 heterocycles. The Bertz CT molecular complexity index is 533. The molecule has 0 saturated carbocycles. The maximum Gasteiger partial charge on any atom is 0.235 e. The van der Waals surface area contributed by atoms with Crippen molar-refractivity contribution >= 4 is 29.3 Å². The van der Waals surface area contributed by atoms with Crippen LogP contribution < -0.4 is 10.6 Å². The highest BCUT2D eigenvalue weighted by atomic mass is 32.2. The third-order valence-electron chi connectivity index (χ3n) is 3.52. The Morgan fingerprint density at radius 2 is 2.05 bits per heavy atom. The molecular weight excluding hydrogens is 298 g/mol. The Morgan fingerprint density at radius 3 is 2.64 bits per heavy atom. The number of carbonyl (C=O) groups excluding carboxylic acids is 2. The van der Waals surface area contributed by atoms with Gasteiger partial charge in [0, 0.05) is 43.2 Å². The van der Waals surface area contributed by atoms with E-state index in [2.05, 4.69) is 17.6 Å². The van der Waals surface area contributed by atoms with Crippen molar-refractivity contribution in [1.82, 2.24) is 10.2 Å². The van der Waals surface area contributed by atoms with E-state index in [1.165, 1.54) is 6.92 Å². The third kappa shape index (κ3) is 4.74. The molecule has 1 aromatic rings. The van der Waals surface area contributed by atoms with Crippen LogP contribution in [0.1, 0.15) is 20.8 Å². The molecule has 0 aromatic heterocycles. The molecule has 2 rings (SSSR count). The molecule has 0 radical (unpaired) electrons. The zero-order valence-electron chi connectivity index (χ0n) is 13.3. The summed E-state index contributed by atoms with van der Waals surface area (Å²) >= 11 is 1.55. The molecule has 1 aromatic carbocycles. The predicted octanol–water partition coefficient (Wildman–Crippen LogP) is 1.95. The number of amides is 2. The second kappa shape index (κ2) is 7.65. The molecule has 5 nitrogen and oxygen atoms in total. The summed E-state index contributed by atoms with van der Waals surface area (Å²) in [7, 11) is 0. The highest BCUT2D eigenvalue weighted by Gasteiger charge is 2.25. The van der Waals surface area contributed by atoms with Crippen LogP contribution in [0.25, 0.3) is 0 Å². The fraction of sp³-hybridized carbons (Fsp3) is 0.500. The van der Waals surface area contributed by atoms with Crippen molar-refractivity contribution in [3.05, 3.63) is 24.3 Å². The molecule has 0 spiro atoms. The van der Waals surface area contributed by atoms with Crippen molar-refractivity contribution in [2.75, 3.05) is 25.0 Å². The first-order valence-electron chi connectivity index (χ1n) is 7.52. The van der Waals surface area contributed by atoms with E-state index >= 15 is 0 Å². The summed E-state index contributed by atoms with van der Waals surface area (Å²) in [5.74, 6) is 0.0982. The van der Waals surface area contributed by atoms with E-state index in [-0.39, 0.29) is 17.1 Å². The average Bonchev–Trinajstić information content (AvgIpc) is 2.48. The van der Waals surface area contributed by atoms with Gasteiger partial charge in [-0.25, -0.2) is 0 Å². The minimum absolute atomic E-state index is 0.0863. The highest BCUT2D eigenvalue weighted by Crippen LogP contribution is 2.26. The van der Waals surface area contributed by atoms with E-state index < -0.39 is 0 Å². The van der Waals surface area contributed by atoms with Gasteiger partial charge in [0.15, 0.2) is 0 Å². The summed E-state index contributed by atoms with van der Waals surface area (Å²) in [4.78, 5) is 26.4. The highest BCUT2D eigenvalue weighted by molar-refractivity contribution is 8.00. The number of nitrogens with zero attached hydrogens (tertiary/aromatic N) is 1. The number of hydrogen-bond donors (Lipinski definition) is 2. The van der Waals surface area contributed by atoms with Gasteiger partial charge >= 0.3 is 0 Å². The number of anilines is 1. The SMILES string of the molecule is CC(=O)Nc1ccc(SC(C)C(=O)N2CCNC(C)C2)cc1. The smallest absolute Gasteiger partial charge is 0.235 e. The fourth-order valence-electron chi connectivity index (χ4n) is 2.46. The minimum Gasteiger partial charge on any atom is -0.339 e. The van der Waals surface area contributed by atoms with Crippen LogP contribution in [-0.4, -0.2) is 47.6 Å². The van der Waals surface area contributed by atoms with Gasteiger partial charge < -0.3 is 15.5 Å². The molecule has 120 valence electrons. The largest absolute Gasteiger partial charge is 0.339 e. The van der Waals surface area contributed by atoms with Crippen LogP contribution in [-0.2, 0) is 9.59 Å². The van der Waals surface area contributed by atoms with Gasteiger partial charge in [-0.3, -0.25) is 9.59 Å². The van der Waals surface area contributed by atoms with Crippen molar-refractivity contribution in [2.24, 2.45) is 0 Å². The zero-order chi connectivity index (χ0) is 16.1. The van der Waals surface area contributed by atoms with Gasteiger partial charge in [-0.05, 0) is 38.1 Å². The van der Waals surface area contributed by atoms with Gasteiger partial charge in [-0.1, -0.05) is 0 Å². The van der Waals surface area contributed by atoms with E-state index in [0.29, 0.717) is 6.04 Å². The van der Waals surface area contributed by atoms with Crippen LogP contribution in [0.2, 0.25) is 0 Å². The van der Waals surface area contributed by atoms with E-state index in [4.69, 9.17) is 0 Å². The molecule has 2 N–H and O–H groups in total. The molecule has 1 aliphatic rings. The van der Waals surface area contributed by atoms with Gasteiger partial charge in [0.25, 0.3) is 0 Å². The van der Waals surface area contributed by atoms with E-state index in [9.17, 15) is 9.59 Å². The Kier molecular flexibility index (Phi) is 5.85. The molecular formula is C16H23N3O2S. The number of thioether (sulfide) groups is 1. The fourth-order valence-corrected chi connectivity index (χ4v) is 3.42. The third-order valence-corrected chi connectivity index (χ3v) is 4.62. The lowest BCUT2D eigenvalue weighted by atomic mass is 10.2. The number of rotatable bonds is 4.